The van der Waals surface area contributed by atoms with Crippen LogP contribution in [-0.2, 0) is 10.0 Å². The molecule has 1 atom stereocenters. The molecular weight excluding hydrogens is 455 g/mol. The average Bonchev–Trinajstić information content (AvgIpc) is 3.37. The van der Waals surface area contributed by atoms with Gasteiger partial charge in [0.2, 0.25) is 0 Å². The molecule has 4 rings (SSSR count). The van der Waals surface area contributed by atoms with Crippen LogP contribution in [0, 0.1) is 17.7 Å². The highest BCUT2D eigenvalue weighted by Gasteiger charge is 2.25. The zero-order chi connectivity index (χ0) is 22.9. The quantitative estimate of drug-likeness (QED) is 0.431. The number of nitrogens with two attached hydrogens (primary N) is 1. The number of nitrogens with one attached hydrogen (secondary N) is 1. The maximum absolute atomic E-state index is 14.9. The molecule has 0 bridgehead atoms. The summed E-state index contributed by atoms with van der Waals surface area (Å²) in [6, 6.07) is 8.58. The Labute approximate surface area is 186 Å². The fourth-order valence-electron chi connectivity index (χ4n) is 3.31. The monoisotopic (exact) mass is 472 g/mol. The molecule has 2 aromatic heterocycles. The van der Waals surface area contributed by atoms with Gasteiger partial charge in [-0.1, -0.05) is 30.0 Å². The van der Waals surface area contributed by atoms with Gasteiger partial charge in [0.05, 0.1) is 18.1 Å². The molecule has 0 radical (unpaired) electrons. The topological polar surface area (TPSA) is 120 Å². The minimum atomic E-state index is -4.28. The molecule has 32 heavy (non-hydrogen) atoms. The summed E-state index contributed by atoms with van der Waals surface area (Å²) < 4.78 is 48.9. The summed E-state index contributed by atoms with van der Waals surface area (Å²) in [6.07, 6.45) is 1.42. The third kappa shape index (κ3) is 4.03. The van der Waals surface area contributed by atoms with E-state index in [0.717, 1.165) is 23.5 Å². The van der Waals surface area contributed by atoms with Gasteiger partial charge in [-0.2, -0.15) is 0 Å². The van der Waals surface area contributed by atoms with E-state index in [1.807, 2.05) is 0 Å². The van der Waals surface area contributed by atoms with Crippen LogP contribution in [0.15, 0.2) is 62.1 Å². The van der Waals surface area contributed by atoms with E-state index in [1.54, 1.807) is 36.6 Å². The predicted molar refractivity (Wildman–Crippen MR) is 120 cm³/mol. The smallest absolute Gasteiger partial charge is 0.408 e. The van der Waals surface area contributed by atoms with Crippen molar-refractivity contribution in [1.29, 1.82) is 0 Å². The van der Waals surface area contributed by atoms with Gasteiger partial charge in [-0.05, 0) is 18.6 Å². The van der Waals surface area contributed by atoms with Gasteiger partial charge in [-0.3, -0.25) is 9.29 Å². The Bertz CT molecular complexity index is 1510. The zero-order valence-corrected chi connectivity index (χ0v) is 18.3. The van der Waals surface area contributed by atoms with Crippen LogP contribution in [-0.4, -0.2) is 24.5 Å². The molecule has 11 heteroatoms. The van der Waals surface area contributed by atoms with Gasteiger partial charge in [0.1, 0.15) is 10.7 Å². The lowest BCUT2D eigenvalue weighted by Crippen LogP contribution is -2.20. The van der Waals surface area contributed by atoms with Crippen LogP contribution >= 0.6 is 11.3 Å². The van der Waals surface area contributed by atoms with Crippen LogP contribution in [0.1, 0.15) is 24.1 Å². The summed E-state index contributed by atoms with van der Waals surface area (Å²) in [6.45, 7) is 1.92. The van der Waals surface area contributed by atoms with E-state index >= 15 is 0 Å². The van der Waals surface area contributed by atoms with Crippen LogP contribution in [0.4, 0.5) is 9.52 Å². The van der Waals surface area contributed by atoms with E-state index in [-0.39, 0.29) is 22.8 Å². The van der Waals surface area contributed by atoms with Gasteiger partial charge in [0.25, 0.3) is 10.0 Å². The lowest BCUT2D eigenvalue weighted by molar-refractivity contribution is 0.489. The van der Waals surface area contributed by atoms with E-state index in [0.29, 0.717) is 11.1 Å². The SMILES string of the molecule is CC(c1ccccc1C#CCN)n1c(=O)oc2cc(S(=O)(=O)Nc3nccs3)c(F)cc21. The van der Waals surface area contributed by atoms with E-state index < -0.39 is 32.5 Å². The Morgan fingerprint density at radius 1 is 1.34 bits per heavy atom. The fraction of sp³-hybridized carbons (Fsp3) is 0.143. The first-order chi connectivity index (χ1) is 15.3. The Morgan fingerprint density at radius 2 is 2.12 bits per heavy atom. The highest BCUT2D eigenvalue weighted by molar-refractivity contribution is 7.93. The number of fused-ring (bicyclic) bond motifs is 1. The third-order valence-corrected chi connectivity index (χ3v) is 6.91. The minimum Gasteiger partial charge on any atom is -0.408 e. The largest absolute Gasteiger partial charge is 0.420 e. The third-order valence-electron chi connectivity index (χ3n) is 4.73. The zero-order valence-electron chi connectivity index (χ0n) is 16.7. The molecule has 2 aromatic carbocycles. The summed E-state index contributed by atoms with van der Waals surface area (Å²) in [5.74, 6) is 3.95. The Morgan fingerprint density at radius 3 is 2.84 bits per heavy atom. The Kier molecular flexibility index (Phi) is 5.84. The lowest BCUT2D eigenvalue weighted by Gasteiger charge is -2.15. The van der Waals surface area contributed by atoms with Crippen molar-refractivity contribution in [2.45, 2.75) is 17.9 Å². The molecule has 0 aliphatic carbocycles. The Balaban J connectivity index is 1.81. The molecule has 8 nitrogen and oxygen atoms in total. The standard InChI is InChI=1S/C21H17FN4O4S2/c1-13(15-7-3-2-5-14(15)6-4-8-23)26-17-11-16(22)19(12-18(17)30-21(26)27)32(28,29)25-20-24-9-10-31-20/h2-3,5,7,9-13H,8,23H2,1H3,(H,24,25). The second-order valence-electron chi connectivity index (χ2n) is 6.70. The number of sulfonamides is 1. The van der Waals surface area contributed by atoms with Crippen LogP contribution in [0.2, 0.25) is 0 Å². The van der Waals surface area contributed by atoms with Gasteiger partial charge in [-0.15, -0.1) is 11.3 Å². The van der Waals surface area contributed by atoms with Gasteiger partial charge >= 0.3 is 5.76 Å². The highest BCUT2D eigenvalue weighted by Crippen LogP contribution is 2.29. The van der Waals surface area contributed by atoms with Gasteiger partial charge in [-0.25, -0.2) is 22.6 Å². The molecule has 0 aliphatic heterocycles. The van der Waals surface area contributed by atoms with Crippen molar-refractivity contribution in [3.63, 3.8) is 0 Å². The van der Waals surface area contributed by atoms with Crippen LogP contribution in [0.3, 0.4) is 0 Å². The number of anilines is 1. The molecule has 1 unspecified atom stereocenters. The second kappa shape index (κ2) is 8.58. The number of hydrogen-bond acceptors (Lipinski definition) is 7. The molecule has 2 heterocycles. The molecule has 0 amide bonds. The normalized spacial score (nSPS) is 12.3. The van der Waals surface area contributed by atoms with Crippen molar-refractivity contribution in [1.82, 2.24) is 9.55 Å². The van der Waals surface area contributed by atoms with Crippen molar-refractivity contribution in [3.05, 3.63) is 75.5 Å². The summed E-state index contributed by atoms with van der Waals surface area (Å²) in [4.78, 5) is 15.8. The predicted octanol–water partition coefficient (Wildman–Crippen LogP) is 2.91. The van der Waals surface area contributed by atoms with E-state index in [9.17, 15) is 17.6 Å². The molecular formula is C21H17FN4O4S2. The highest BCUT2D eigenvalue weighted by atomic mass is 32.2. The number of aromatic nitrogens is 2. The second-order valence-corrected chi connectivity index (χ2v) is 9.25. The number of halogens is 1. The number of hydrogen-bond donors (Lipinski definition) is 2. The van der Waals surface area contributed by atoms with Crippen molar-refractivity contribution in [3.8, 4) is 11.8 Å². The van der Waals surface area contributed by atoms with Crippen molar-refractivity contribution >= 4 is 37.6 Å². The molecule has 0 spiro atoms. The number of rotatable bonds is 5. The van der Waals surface area contributed by atoms with Crippen LogP contribution in [0.25, 0.3) is 11.1 Å². The van der Waals surface area contributed by atoms with E-state index in [1.165, 1.54) is 10.8 Å². The maximum atomic E-state index is 14.9. The molecule has 0 saturated carbocycles. The van der Waals surface area contributed by atoms with Crippen molar-refractivity contribution < 1.29 is 17.2 Å². The molecule has 0 aliphatic rings. The van der Waals surface area contributed by atoms with E-state index in [2.05, 4.69) is 21.5 Å². The van der Waals surface area contributed by atoms with Gasteiger partial charge in [0.15, 0.2) is 10.7 Å². The molecule has 0 saturated heterocycles. The number of benzene rings is 2. The minimum absolute atomic E-state index is 0.0618. The van der Waals surface area contributed by atoms with Crippen LogP contribution in [0.5, 0.6) is 0 Å². The first-order valence-electron chi connectivity index (χ1n) is 9.36. The van der Waals surface area contributed by atoms with Gasteiger partial charge in [0, 0.05) is 29.3 Å². The number of thiazole rings is 1. The number of nitrogens with zero attached hydrogens (tertiary/aromatic N) is 2. The maximum Gasteiger partial charge on any atom is 0.420 e. The number of oxazole rings is 1. The Hall–Kier alpha value is -3.46. The molecule has 0 fully saturated rings. The van der Waals surface area contributed by atoms with Crippen LogP contribution < -0.4 is 16.2 Å². The molecule has 4 aromatic rings. The van der Waals surface area contributed by atoms with Crippen molar-refractivity contribution in [2.75, 3.05) is 11.3 Å². The van der Waals surface area contributed by atoms with Gasteiger partial charge < -0.3 is 10.2 Å². The first-order valence-corrected chi connectivity index (χ1v) is 11.7. The summed E-state index contributed by atoms with van der Waals surface area (Å²) in [5.41, 5.74) is 6.89. The summed E-state index contributed by atoms with van der Waals surface area (Å²) in [7, 11) is -4.28. The molecule has 3 N–H and O–H groups in total. The van der Waals surface area contributed by atoms with E-state index in [4.69, 9.17) is 10.2 Å². The average molecular weight is 473 g/mol. The first kappa shape index (κ1) is 21.8. The summed E-state index contributed by atoms with van der Waals surface area (Å²) >= 11 is 1.05. The van der Waals surface area contributed by atoms with Crippen molar-refractivity contribution in [2.24, 2.45) is 5.73 Å². The molecule has 164 valence electrons. The fourth-order valence-corrected chi connectivity index (χ4v) is 5.18. The lowest BCUT2D eigenvalue weighted by atomic mass is 10.0. The summed E-state index contributed by atoms with van der Waals surface area (Å²) in [5, 5.41) is 1.67.